The monoisotopic (exact) mass is 357 g/mol. The van der Waals surface area contributed by atoms with Crippen LogP contribution in [0.2, 0.25) is 0 Å². The average Bonchev–Trinajstić information content (AvgIpc) is 2.62. The molecule has 0 aliphatic carbocycles. The fraction of sp³-hybridized carbons (Fsp3) is 0.300. The third-order valence-corrected chi connectivity index (χ3v) is 4.05. The highest BCUT2D eigenvalue weighted by Crippen LogP contribution is 2.33. The number of anilines is 1. The zero-order chi connectivity index (χ0) is 19.3. The number of aryl methyl sites for hydroxylation is 2. The fourth-order valence-electron chi connectivity index (χ4n) is 2.67. The van der Waals surface area contributed by atoms with Gasteiger partial charge in [-0.05, 0) is 25.0 Å². The van der Waals surface area contributed by atoms with Gasteiger partial charge in [0.05, 0.1) is 39.0 Å². The number of esters is 1. The largest absolute Gasteiger partial charge is 0.493 e. The first-order valence-corrected chi connectivity index (χ1v) is 8.10. The van der Waals surface area contributed by atoms with Crippen molar-refractivity contribution in [1.29, 1.82) is 0 Å². The van der Waals surface area contributed by atoms with Crippen molar-refractivity contribution in [3.05, 3.63) is 52.6 Å². The lowest BCUT2D eigenvalue weighted by Gasteiger charge is -2.15. The first-order valence-electron chi connectivity index (χ1n) is 8.10. The molecule has 0 aromatic heterocycles. The summed E-state index contributed by atoms with van der Waals surface area (Å²) >= 11 is 0. The van der Waals surface area contributed by atoms with Crippen molar-refractivity contribution in [1.82, 2.24) is 0 Å². The Balaban J connectivity index is 2.31. The smallest absolute Gasteiger partial charge is 0.340 e. The molecule has 2 rings (SSSR count). The number of methoxy groups -OCH3 is 3. The number of hydrogen-bond donors (Lipinski definition) is 1. The van der Waals surface area contributed by atoms with Gasteiger partial charge < -0.3 is 19.5 Å². The van der Waals surface area contributed by atoms with Crippen LogP contribution in [0.25, 0.3) is 0 Å². The highest BCUT2D eigenvalue weighted by atomic mass is 16.5. The Morgan fingerprint density at radius 1 is 0.962 bits per heavy atom. The van der Waals surface area contributed by atoms with E-state index in [4.69, 9.17) is 14.2 Å². The van der Waals surface area contributed by atoms with E-state index in [1.54, 1.807) is 6.07 Å². The molecule has 1 N–H and O–H groups in total. The van der Waals surface area contributed by atoms with Gasteiger partial charge >= 0.3 is 5.97 Å². The quantitative estimate of drug-likeness (QED) is 0.803. The van der Waals surface area contributed by atoms with Crippen molar-refractivity contribution in [2.24, 2.45) is 0 Å². The first-order chi connectivity index (χ1) is 12.4. The second-order valence-corrected chi connectivity index (χ2v) is 5.90. The highest BCUT2D eigenvalue weighted by Gasteiger charge is 2.19. The van der Waals surface area contributed by atoms with Crippen molar-refractivity contribution in [2.75, 3.05) is 26.6 Å². The predicted octanol–water partition coefficient (Wildman–Crippen LogP) is 3.29. The SMILES string of the molecule is COC(=O)c1cc(OC)c(OC)cc1NC(=O)Cc1ccc(C)cc1C. The van der Waals surface area contributed by atoms with E-state index < -0.39 is 5.97 Å². The van der Waals surface area contributed by atoms with Gasteiger partial charge in [-0.25, -0.2) is 4.79 Å². The lowest BCUT2D eigenvalue weighted by atomic mass is 10.0. The van der Waals surface area contributed by atoms with Gasteiger partial charge in [-0.15, -0.1) is 0 Å². The number of carbonyl (C=O) groups is 2. The number of carbonyl (C=O) groups excluding carboxylic acids is 2. The van der Waals surface area contributed by atoms with Crippen molar-refractivity contribution < 1.29 is 23.8 Å². The van der Waals surface area contributed by atoms with Gasteiger partial charge in [0.15, 0.2) is 11.5 Å². The molecule has 26 heavy (non-hydrogen) atoms. The zero-order valence-corrected chi connectivity index (χ0v) is 15.6. The minimum Gasteiger partial charge on any atom is -0.493 e. The number of ether oxygens (including phenoxy) is 3. The Bertz CT molecular complexity index is 829. The van der Waals surface area contributed by atoms with Crippen LogP contribution in [-0.4, -0.2) is 33.2 Å². The van der Waals surface area contributed by atoms with Gasteiger partial charge in [-0.1, -0.05) is 23.8 Å². The van der Waals surface area contributed by atoms with Crippen LogP contribution in [0.5, 0.6) is 11.5 Å². The number of nitrogens with one attached hydrogen (secondary N) is 1. The number of amides is 1. The van der Waals surface area contributed by atoms with Crippen LogP contribution in [0.1, 0.15) is 27.0 Å². The van der Waals surface area contributed by atoms with E-state index >= 15 is 0 Å². The molecule has 6 nitrogen and oxygen atoms in total. The van der Waals surface area contributed by atoms with E-state index in [-0.39, 0.29) is 17.9 Å². The van der Waals surface area contributed by atoms with Gasteiger partial charge in [0.2, 0.25) is 5.91 Å². The average molecular weight is 357 g/mol. The van der Waals surface area contributed by atoms with E-state index in [0.29, 0.717) is 17.2 Å². The van der Waals surface area contributed by atoms with E-state index in [0.717, 1.165) is 16.7 Å². The molecule has 0 saturated heterocycles. The van der Waals surface area contributed by atoms with Crippen molar-refractivity contribution in [3.8, 4) is 11.5 Å². The van der Waals surface area contributed by atoms with Gasteiger partial charge in [0.1, 0.15) is 0 Å². The van der Waals surface area contributed by atoms with Crippen molar-refractivity contribution in [2.45, 2.75) is 20.3 Å². The van der Waals surface area contributed by atoms with Crippen molar-refractivity contribution in [3.63, 3.8) is 0 Å². The molecule has 0 atom stereocenters. The predicted molar refractivity (Wildman–Crippen MR) is 99.1 cm³/mol. The van der Waals surface area contributed by atoms with Gasteiger partial charge in [-0.3, -0.25) is 4.79 Å². The molecule has 1 amide bonds. The van der Waals surface area contributed by atoms with Gasteiger partial charge in [0, 0.05) is 12.1 Å². The molecule has 0 unspecified atom stereocenters. The Kier molecular flexibility index (Phi) is 6.22. The molecule has 0 fully saturated rings. The van der Waals surface area contributed by atoms with E-state index in [1.807, 2.05) is 32.0 Å². The minimum absolute atomic E-state index is 0.194. The molecule has 6 heteroatoms. The molecule has 0 aliphatic rings. The molecule has 138 valence electrons. The topological polar surface area (TPSA) is 73.9 Å². The number of rotatable bonds is 6. The molecular formula is C20H23NO5. The van der Waals surface area contributed by atoms with Crippen LogP contribution in [-0.2, 0) is 16.0 Å². The van der Waals surface area contributed by atoms with Crippen LogP contribution in [0.4, 0.5) is 5.69 Å². The molecule has 2 aromatic rings. The summed E-state index contributed by atoms with van der Waals surface area (Å²) in [5, 5.41) is 2.77. The molecule has 0 bridgehead atoms. The molecular weight excluding hydrogens is 334 g/mol. The van der Waals surface area contributed by atoms with Crippen LogP contribution in [0.3, 0.4) is 0 Å². The summed E-state index contributed by atoms with van der Waals surface area (Å²) in [6.45, 7) is 3.97. The summed E-state index contributed by atoms with van der Waals surface area (Å²) in [4.78, 5) is 24.6. The molecule has 0 radical (unpaired) electrons. The van der Waals surface area contributed by atoms with Gasteiger partial charge in [-0.2, -0.15) is 0 Å². The number of benzene rings is 2. The molecule has 2 aromatic carbocycles. The Hall–Kier alpha value is -3.02. The lowest BCUT2D eigenvalue weighted by molar-refractivity contribution is -0.115. The summed E-state index contributed by atoms with van der Waals surface area (Å²) in [6, 6.07) is 8.95. The van der Waals surface area contributed by atoms with Crippen LogP contribution < -0.4 is 14.8 Å². The maximum atomic E-state index is 12.5. The van der Waals surface area contributed by atoms with Crippen LogP contribution >= 0.6 is 0 Å². The standard InChI is InChI=1S/C20H23NO5/c1-12-6-7-14(13(2)8-12)9-19(22)21-16-11-18(25-4)17(24-3)10-15(16)20(23)26-5/h6-8,10-11H,9H2,1-5H3,(H,21,22). The van der Waals surface area contributed by atoms with Crippen molar-refractivity contribution >= 4 is 17.6 Å². The van der Waals surface area contributed by atoms with E-state index in [2.05, 4.69) is 5.32 Å². The third kappa shape index (κ3) is 4.33. The fourth-order valence-corrected chi connectivity index (χ4v) is 2.67. The second-order valence-electron chi connectivity index (χ2n) is 5.90. The maximum absolute atomic E-state index is 12.5. The number of hydrogen-bond acceptors (Lipinski definition) is 5. The third-order valence-electron chi connectivity index (χ3n) is 4.05. The first kappa shape index (κ1) is 19.3. The summed E-state index contributed by atoms with van der Waals surface area (Å²) in [7, 11) is 4.23. The summed E-state index contributed by atoms with van der Waals surface area (Å²) in [5.74, 6) is -0.0376. The van der Waals surface area contributed by atoms with Crippen LogP contribution in [0, 0.1) is 13.8 Å². The zero-order valence-electron chi connectivity index (χ0n) is 15.6. The van der Waals surface area contributed by atoms with E-state index in [1.165, 1.54) is 27.4 Å². The normalized spacial score (nSPS) is 10.2. The molecule has 0 saturated carbocycles. The lowest BCUT2D eigenvalue weighted by Crippen LogP contribution is -2.18. The van der Waals surface area contributed by atoms with Crippen LogP contribution in [0.15, 0.2) is 30.3 Å². The minimum atomic E-state index is -0.576. The molecule has 0 aliphatic heterocycles. The highest BCUT2D eigenvalue weighted by molar-refractivity contribution is 6.02. The maximum Gasteiger partial charge on any atom is 0.340 e. The molecule has 0 spiro atoms. The molecule has 0 heterocycles. The van der Waals surface area contributed by atoms with Gasteiger partial charge in [0.25, 0.3) is 0 Å². The summed E-state index contributed by atoms with van der Waals surface area (Å²) < 4.78 is 15.3. The summed E-state index contributed by atoms with van der Waals surface area (Å²) in [5.41, 5.74) is 3.61. The summed E-state index contributed by atoms with van der Waals surface area (Å²) in [6.07, 6.45) is 0.196. The second kappa shape index (κ2) is 8.38. The Labute approximate surface area is 153 Å². The Morgan fingerprint density at radius 3 is 2.19 bits per heavy atom. The Morgan fingerprint density at radius 2 is 1.62 bits per heavy atom. The van der Waals surface area contributed by atoms with E-state index in [9.17, 15) is 9.59 Å².